The molecule has 2 aliphatic rings. The van der Waals surface area contributed by atoms with Gasteiger partial charge < -0.3 is 20.1 Å². The minimum absolute atomic E-state index is 0.119. The largest absolute Gasteiger partial charge is 0.376 e. The van der Waals surface area contributed by atoms with Crippen LogP contribution in [0.1, 0.15) is 93.9 Å². The molecule has 2 saturated heterocycles. The smallest absolute Gasteiger partial charge is 0.0704 e. The van der Waals surface area contributed by atoms with Crippen molar-refractivity contribution in [1.82, 2.24) is 10.6 Å². The van der Waals surface area contributed by atoms with Crippen molar-refractivity contribution in [2.45, 2.75) is 128 Å². The maximum Gasteiger partial charge on any atom is 0.0704 e. The highest BCUT2D eigenvalue weighted by atomic mass is 16.5. The van der Waals surface area contributed by atoms with Crippen LogP contribution in [-0.2, 0) is 9.47 Å². The Morgan fingerprint density at radius 2 is 0.962 bits per heavy atom. The Labute approximate surface area is 162 Å². The number of nitrogens with one attached hydrogen (secondary N) is 2. The van der Waals surface area contributed by atoms with Crippen molar-refractivity contribution < 1.29 is 9.47 Å². The van der Waals surface area contributed by atoms with Crippen molar-refractivity contribution in [2.75, 3.05) is 13.2 Å². The Bertz CT molecular complexity index is 415. The zero-order chi connectivity index (χ0) is 19.6. The fraction of sp³-hybridized carbons (Fsp3) is 1.00. The first kappa shape index (κ1) is 22.1. The van der Waals surface area contributed by atoms with Gasteiger partial charge in [-0.15, -0.1) is 0 Å². The highest BCUT2D eigenvalue weighted by Crippen LogP contribution is 2.30. The topological polar surface area (TPSA) is 42.5 Å². The molecule has 2 heterocycles. The molecule has 26 heavy (non-hydrogen) atoms. The third kappa shape index (κ3) is 7.46. The van der Waals surface area contributed by atoms with Gasteiger partial charge in [0, 0.05) is 22.2 Å². The first-order valence-corrected chi connectivity index (χ1v) is 10.6. The molecule has 2 aliphatic heterocycles. The van der Waals surface area contributed by atoms with Crippen molar-refractivity contribution >= 4 is 0 Å². The standard InChI is InChI=1S/C22H44N2O2/c1-19(2)11-9-17(15-21(5,6)23-19)25-13-14-26-18-10-12-20(3,4)24-22(7,8)16-18/h17-18,23-24H,9-16H2,1-8H3. The van der Waals surface area contributed by atoms with Crippen LogP contribution in [-0.4, -0.2) is 47.6 Å². The molecule has 0 spiro atoms. The van der Waals surface area contributed by atoms with E-state index < -0.39 is 0 Å². The van der Waals surface area contributed by atoms with Crippen LogP contribution in [0.25, 0.3) is 0 Å². The van der Waals surface area contributed by atoms with E-state index in [-0.39, 0.29) is 22.2 Å². The molecule has 2 atom stereocenters. The van der Waals surface area contributed by atoms with Crippen molar-refractivity contribution in [2.24, 2.45) is 0 Å². The van der Waals surface area contributed by atoms with Crippen molar-refractivity contribution in [3.05, 3.63) is 0 Å². The van der Waals surface area contributed by atoms with Gasteiger partial charge in [0.15, 0.2) is 0 Å². The molecule has 0 aromatic heterocycles. The van der Waals surface area contributed by atoms with Gasteiger partial charge in [-0.2, -0.15) is 0 Å². The van der Waals surface area contributed by atoms with Gasteiger partial charge in [0.1, 0.15) is 0 Å². The lowest BCUT2D eigenvalue weighted by Gasteiger charge is -2.35. The van der Waals surface area contributed by atoms with Gasteiger partial charge in [-0.1, -0.05) is 0 Å². The third-order valence-electron chi connectivity index (χ3n) is 5.80. The molecule has 2 fully saturated rings. The molecule has 2 unspecified atom stereocenters. The van der Waals surface area contributed by atoms with E-state index in [0.717, 1.165) is 38.5 Å². The second-order valence-electron chi connectivity index (χ2n) is 11.3. The molecule has 4 nitrogen and oxygen atoms in total. The Kier molecular flexibility index (Phi) is 6.86. The number of hydrogen-bond donors (Lipinski definition) is 2. The summed E-state index contributed by atoms with van der Waals surface area (Å²) in [5.74, 6) is 0. The summed E-state index contributed by atoms with van der Waals surface area (Å²) in [6.45, 7) is 19.7. The first-order chi connectivity index (χ1) is 11.8. The Hall–Kier alpha value is -0.160. The van der Waals surface area contributed by atoms with Crippen molar-refractivity contribution in [1.29, 1.82) is 0 Å². The Morgan fingerprint density at radius 3 is 1.31 bits per heavy atom. The van der Waals surface area contributed by atoms with E-state index in [9.17, 15) is 0 Å². The summed E-state index contributed by atoms with van der Waals surface area (Å²) < 4.78 is 12.5. The molecule has 0 saturated carbocycles. The van der Waals surface area contributed by atoms with E-state index in [4.69, 9.17) is 9.47 Å². The number of ether oxygens (including phenoxy) is 2. The van der Waals surface area contributed by atoms with Gasteiger partial charge in [-0.05, 0) is 93.9 Å². The molecular weight excluding hydrogens is 324 g/mol. The molecule has 0 aliphatic carbocycles. The lowest BCUT2D eigenvalue weighted by Crippen LogP contribution is -2.51. The van der Waals surface area contributed by atoms with E-state index in [1.54, 1.807) is 0 Å². The van der Waals surface area contributed by atoms with Gasteiger partial charge in [-0.25, -0.2) is 0 Å². The molecule has 2 rings (SSSR count). The van der Waals surface area contributed by atoms with Gasteiger partial charge in [0.25, 0.3) is 0 Å². The van der Waals surface area contributed by atoms with Crippen LogP contribution in [0.3, 0.4) is 0 Å². The molecule has 0 radical (unpaired) electrons. The summed E-state index contributed by atoms with van der Waals surface area (Å²) in [4.78, 5) is 0. The van der Waals surface area contributed by atoms with E-state index in [1.165, 1.54) is 0 Å². The van der Waals surface area contributed by atoms with Crippen molar-refractivity contribution in [3.8, 4) is 0 Å². The second kappa shape index (κ2) is 8.06. The maximum atomic E-state index is 6.23. The Morgan fingerprint density at radius 1 is 0.615 bits per heavy atom. The van der Waals surface area contributed by atoms with Crippen LogP contribution in [0.5, 0.6) is 0 Å². The summed E-state index contributed by atoms with van der Waals surface area (Å²) in [5, 5.41) is 7.54. The predicted molar refractivity (Wildman–Crippen MR) is 110 cm³/mol. The van der Waals surface area contributed by atoms with E-state index in [1.807, 2.05) is 0 Å². The van der Waals surface area contributed by atoms with Crippen molar-refractivity contribution in [3.63, 3.8) is 0 Å². The molecular formula is C22H44N2O2. The summed E-state index contributed by atoms with van der Waals surface area (Å²) in [7, 11) is 0. The monoisotopic (exact) mass is 368 g/mol. The molecule has 0 bridgehead atoms. The highest BCUT2D eigenvalue weighted by molar-refractivity contribution is 4.95. The fourth-order valence-electron chi connectivity index (χ4n) is 5.16. The first-order valence-electron chi connectivity index (χ1n) is 10.6. The normalized spacial score (nSPS) is 33.2. The lowest BCUT2D eigenvalue weighted by atomic mass is 9.96. The van der Waals surface area contributed by atoms with Crippen LogP contribution in [0.2, 0.25) is 0 Å². The quantitative estimate of drug-likeness (QED) is 0.705. The average Bonchev–Trinajstić information content (AvgIpc) is 2.60. The second-order valence-corrected chi connectivity index (χ2v) is 11.3. The fourth-order valence-corrected chi connectivity index (χ4v) is 5.16. The van der Waals surface area contributed by atoms with Crippen LogP contribution < -0.4 is 10.6 Å². The number of rotatable bonds is 5. The maximum absolute atomic E-state index is 6.23. The SMILES string of the molecule is CC1(C)CCC(OCCOC2CCC(C)(C)NC(C)(C)C2)CC(C)(C)N1. The van der Waals surface area contributed by atoms with Gasteiger partial charge >= 0.3 is 0 Å². The van der Waals surface area contributed by atoms with E-state index in [0.29, 0.717) is 25.4 Å². The molecule has 0 amide bonds. The zero-order valence-electron chi connectivity index (χ0n) is 18.6. The van der Waals surface area contributed by atoms with E-state index >= 15 is 0 Å². The summed E-state index contributed by atoms with van der Waals surface area (Å²) in [6.07, 6.45) is 7.33. The molecule has 154 valence electrons. The zero-order valence-corrected chi connectivity index (χ0v) is 18.6. The van der Waals surface area contributed by atoms with Crippen LogP contribution in [0.4, 0.5) is 0 Å². The predicted octanol–water partition coefficient (Wildman–Crippen LogP) is 4.42. The summed E-state index contributed by atoms with van der Waals surface area (Å²) in [6, 6.07) is 0. The average molecular weight is 369 g/mol. The third-order valence-corrected chi connectivity index (χ3v) is 5.80. The minimum atomic E-state index is 0.119. The number of hydrogen-bond acceptors (Lipinski definition) is 4. The van der Waals surface area contributed by atoms with Crippen LogP contribution in [0.15, 0.2) is 0 Å². The highest BCUT2D eigenvalue weighted by Gasteiger charge is 2.36. The molecule has 4 heteroatoms. The van der Waals surface area contributed by atoms with E-state index in [2.05, 4.69) is 66.0 Å². The van der Waals surface area contributed by atoms with Gasteiger partial charge in [-0.3, -0.25) is 0 Å². The lowest BCUT2D eigenvalue weighted by molar-refractivity contribution is -0.0369. The molecule has 2 N–H and O–H groups in total. The summed E-state index contributed by atoms with van der Waals surface area (Å²) in [5.41, 5.74) is 0.607. The van der Waals surface area contributed by atoms with Gasteiger partial charge in [0.05, 0.1) is 25.4 Å². The Balaban J connectivity index is 1.76. The molecule has 0 aromatic rings. The minimum Gasteiger partial charge on any atom is -0.376 e. The van der Waals surface area contributed by atoms with Gasteiger partial charge in [0.2, 0.25) is 0 Å². The summed E-state index contributed by atoms with van der Waals surface area (Å²) >= 11 is 0. The van der Waals surface area contributed by atoms with Crippen LogP contribution in [0, 0.1) is 0 Å². The molecule has 0 aromatic carbocycles. The van der Waals surface area contributed by atoms with Crippen LogP contribution >= 0.6 is 0 Å².